The molecule has 2 rings (SSSR count). The van der Waals surface area contributed by atoms with Crippen molar-refractivity contribution in [3.05, 3.63) is 46.4 Å². The summed E-state index contributed by atoms with van der Waals surface area (Å²) in [5.41, 5.74) is -0.305. The first-order chi connectivity index (χ1) is 10.4. The molecule has 0 aliphatic carbocycles. The molecule has 1 aromatic heterocycles. The van der Waals surface area contributed by atoms with E-state index in [2.05, 4.69) is 15.8 Å². The number of anilines is 1. The van der Waals surface area contributed by atoms with Crippen molar-refractivity contribution < 1.29 is 18.5 Å². The van der Waals surface area contributed by atoms with Gasteiger partial charge in [0.1, 0.15) is 17.6 Å². The van der Waals surface area contributed by atoms with Crippen LogP contribution in [0.4, 0.5) is 10.2 Å². The van der Waals surface area contributed by atoms with E-state index in [9.17, 15) is 14.0 Å². The van der Waals surface area contributed by atoms with E-state index < -0.39 is 23.7 Å². The predicted octanol–water partition coefficient (Wildman–Crippen LogP) is 2.53. The van der Waals surface area contributed by atoms with Gasteiger partial charge >= 0.3 is 0 Å². The van der Waals surface area contributed by atoms with Gasteiger partial charge in [-0.25, -0.2) is 4.39 Å². The van der Waals surface area contributed by atoms with Crippen molar-refractivity contribution in [2.75, 3.05) is 5.32 Å². The maximum Gasteiger partial charge on any atom is 0.256 e. The summed E-state index contributed by atoms with van der Waals surface area (Å²) in [7, 11) is 0. The monoisotopic (exact) mass is 325 g/mol. The summed E-state index contributed by atoms with van der Waals surface area (Å²) < 4.78 is 18.4. The van der Waals surface area contributed by atoms with Gasteiger partial charge in [-0.15, -0.1) is 0 Å². The lowest BCUT2D eigenvalue weighted by Gasteiger charge is -2.13. The molecule has 0 spiro atoms. The molecule has 0 saturated heterocycles. The molecular formula is C14H13ClFN3O3. The molecule has 0 radical (unpaired) electrons. The Morgan fingerprint density at radius 1 is 1.41 bits per heavy atom. The SMILES string of the molecule is Cc1cc(NC(=O)[C@@H](C)NC(=O)c2c(F)cccc2Cl)no1. The van der Waals surface area contributed by atoms with Gasteiger partial charge in [-0.2, -0.15) is 0 Å². The Bertz CT molecular complexity index is 697. The Morgan fingerprint density at radius 3 is 2.73 bits per heavy atom. The molecule has 2 aromatic rings. The van der Waals surface area contributed by atoms with Crippen molar-refractivity contribution in [2.45, 2.75) is 19.9 Å². The fraction of sp³-hybridized carbons (Fsp3) is 0.214. The number of nitrogens with one attached hydrogen (secondary N) is 2. The van der Waals surface area contributed by atoms with E-state index in [1.807, 2.05) is 0 Å². The average molecular weight is 326 g/mol. The Morgan fingerprint density at radius 2 is 2.14 bits per heavy atom. The molecule has 0 aliphatic heterocycles. The largest absolute Gasteiger partial charge is 0.360 e. The molecule has 8 heteroatoms. The summed E-state index contributed by atoms with van der Waals surface area (Å²) in [5, 5.41) is 8.41. The van der Waals surface area contributed by atoms with E-state index in [-0.39, 0.29) is 16.4 Å². The zero-order valence-electron chi connectivity index (χ0n) is 11.8. The quantitative estimate of drug-likeness (QED) is 0.904. The number of aromatic nitrogens is 1. The van der Waals surface area contributed by atoms with Gasteiger partial charge in [-0.1, -0.05) is 22.8 Å². The smallest absolute Gasteiger partial charge is 0.256 e. The van der Waals surface area contributed by atoms with Crippen molar-refractivity contribution >= 4 is 29.2 Å². The van der Waals surface area contributed by atoms with Crippen LogP contribution in [0.2, 0.25) is 5.02 Å². The second-order valence-electron chi connectivity index (χ2n) is 4.60. The van der Waals surface area contributed by atoms with Crippen molar-refractivity contribution in [3.63, 3.8) is 0 Å². The maximum atomic E-state index is 13.6. The van der Waals surface area contributed by atoms with Crippen molar-refractivity contribution in [1.82, 2.24) is 10.5 Å². The third-order valence-corrected chi connectivity index (χ3v) is 3.12. The van der Waals surface area contributed by atoms with Gasteiger partial charge in [0.2, 0.25) is 5.91 Å². The average Bonchev–Trinajstić information content (AvgIpc) is 2.83. The highest BCUT2D eigenvalue weighted by atomic mass is 35.5. The molecule has 22 heavy (non-hydrogen) atoms. The molecule has 6 nitrogen and oxygen atoms in total. The van der Waals surface area contributed by atoms with E-state index in [0.717, 1.165) is 6.07 Å². The van der Waals surface area contributed by atoms with Gasteiger partial charge in [0.15, 0.2) is 5.82 Å². The number of carbonyl (C=O) groups excluding carboxylic acids is 2. The standard InChI is InChI=1S/C14H13ClFN3O3/c1-7-6-11(19-22-7)18-13(20)8(2)17-14(21)12-9(15)4-3-5-10(12)16/h3-6,8H,1-2H3,(H,17,21)(H,18,19,20)/t8-/m1/s1. The Kier molecular flexibility index (Phi) is 4.77. The van der Waals surface area contributed by atoms with Gasteiger partial charge in [0.25, 0.3) is 5.91 Å². The molecular weight excluding hydrogens is 313 g/mol. The third-order valence-electron chi connectivity index (χ3n) is 2.81. The first kappa shape index (κ1) is 16.0. The normalized spacial score (nSPS) is 11.8. The summed E-state index contributed by atoms with van der Waals surface area (Å²) in [6.45, 7) is 3.13. The molecule has 2 amide bonds. The highest BCUT2D eigenvalue weighted by molar-refractivity contribution is 6.33. The van der Waals surface area contributed by atoms with Gasteiger partial charge in [0.05, 0.1) is 10.6 Å². The van der Waals surface area contributed by atoms with E-state index in [1.165, 1.54) is 25.1 Å². The van der Waals surface area contributed by atoms with Gasteiger partial charge in [-0.3, -0.25) is 9.59 Å². The topological polar surface area (TPSA) is 84.2 Å². The fourth-order valence-electron chi connectivity index (χ4n) is 1.71. The van der Waals surface area contributed by atoms with Gasteiger partial charge < -0.3 is 15.2 Å². The highest BCUT2D eigenvalue weighted by Crippen LogP contribution is 2.18. The minimum atomic E-state index is -0.917. The summed E-state index contributed by atoms with van der Waals surface area (Å²) in [6, 6.07) is 4.50. The Hall–Kier alpha value is -2.41. The molecule has 0 aliphatic rings. The minimum Gasteiger partial charge on any atom is -0.360 e. The number of aryl methyl sites for hydroxylation is 1. The van der Waals surface area contributed by atoms with Crippen LogP contribution in [0.25, 0.3) is 0 Å². The van der Waals surface area contributed by atoms with Crippen LogP contribution in [0.5, 0.6) is 0 Å². The number of rotatable bonds is 4. The first-order valence-electron chi connectivity index (χ1n) is 6.37. The number of benzene rings is 1. The van der Waals surface area contributed by atoms with Gasteiger partial charge in [0, 0.05) is 6.07 Å². The van der Waals surface area contributed by atoms with Crippen LogP contribution in [-0.4, -0.2) is 23.0 Å². The number of hydrogen-bond acceptors (Lipinski definition) is 4. The minimum absolute atomic E-state index is 0.0303. The number of amides is 2. The summed E-state index contributed by atoms with van der Waals surface area (Å²) >= 11 is 5.80. The molecule has 0 bridgehead atoms. The summed E-state index contributed by atoms with van der Waals surface area (Å²) in [5.74, 6) is -1.29. The number of halogens is 2. The summed E-state index contributed by atoms with van der Waals surface area (Å²) in [6.07, 6.45) is 0. The third kappa shape index (κ3) is 3.62. The van der Waals surface area contributed by atoms with Crippen molar-refractivity contribution in [2.24, 2.45) is 0 Å². The molecule has 1 aromatic carbocycles. The zero-order chi connectivity index (χ0) is 16.3. The first-order valence-corrected chi connectivity index (χ1v) is 6.75. The second kappa shape index (κ2) is 6.57. The van der Waals surface area contributed by atoms with Crippen LogP contribution in [0, 0.1) is 12.7 Å². The van der Waals surface area contributed by atoms with E-state index in [4.69, 9.17) is 16.1 Å². The van der Waals surface area contributed by atoms with Crippen LogP contribution in [-0.2, 0) is 4.79 Å². The highest BCUT2D eigenvalue weighted by Gasteiger charge is 2.21. The summed E-state index contributed by atoms with van der Waals surface area (Å²) in [4.78, 5) is 23.9. The number of hydrogen-bond donors (Lipinski definition) is 2. The van der Waals surface area contributed by atoms with E-state index >= 15 is 0 Å². The van der Waals surface area contributed by atoms with Crippen LogP contribution in [0.15, 0.2) is 28.8 Å². The van der Waals surface area contributed by atoms with Crippen LogP contribution < -0.4 is 10.6 Å². The fourth-order valence-corrected chi connectivity index (χ4v) is 1.96. The number of nitrogens with zero attached hydrogens (tertiary/aromatic N) is 1. The van der Waals surface area contributed by atoms with Crippen LogP contribution in [0.3, 0.4) is 0 Å². The molecule has 0 fully saturated rings. The Balaban J connectivity index is 2.03. The van der Waals surface area contributed by atoms with Crippen LogP contribution >= 0.6 is 11.6 Å². The van der Waals surface area contributed by atoms with Gasteiger partial charge in [-0.05, 0) is 26.0 Å². The van der Waals surface area contributed by atoms with Crippen molar-refractivity contribution in [3.8, 4) is 0 Å². The number of carbonyl (C=O) groups is 2. The molecule has 0 unspecified atom stereocenters. The molecule has 116 valence electrons. The van der Waals surface area contributed by atoms with Crippen LogP contribution in [0.1, 0.15) is 23.0 Å². The van der Waals surface area contributed by atoms with E-state index in [0.29, 0.717) is 5.76 Å². The van der Waals surface area contributed by atoms with Crippen molar-refractivity contribution in [1.29, 1.82) is 0 Å². The molecule has 2 N–H and O–H groups in total. The lowest BCUT2D eigenvalue weighted by atomic mass is 10.2. The molecule has 1 heterocycles. The lowest BCUT2D eigenvalue weighted by Crippen LogP contribution is -2.42. The molecule has 0 saturated carbocycles. The lowest BCUT2D eigenvalue weighted by molar-refractivity contribution is -0.117. The molecule has 1 atom stereocenters. The second-order valence-corrected chi connectivity index (χ2v) is 5.01. The zero-order valence-corrected chi connectivity index (χ0v) is 12.6. The Labute approximate surface area is 130 Å². The van der Waals surface area contributed by atoms with E-state index in [1.54, 1.807) is 6.92 Å². The maximum absolute atomic E-state index is 13.6. The predicted molar refractivity (Wildman–Crippen MR) is 78.2 cm³/mol.